The summed E-state index contributed by atoms with van der Waals surface area (Å²) in [7, 11) is 0. The molecule has 0 atom stereocenters. The van der Waals surface area contributed by atoms with Crippen LogP contribution in [-0.4, -0.2) is 50.4 Å². The van der Waals surface area contributed by atoms with Crippen molar-refractivity contribution in [2.45, 2.75) is 17.9 Å². The maximum absolute atomic E-state index is 12.4. The molecule has 0 saturated carbocycles. The summed E-state index contributed by atoms with van der Waals surface area (Å²) >= 11 is 2.97. The van der Waals surface area contributed by atoms with Crippen LogP contribution in [0.5, 0.6) is 0 Å². The Morgan fingerprint density at radius 2 is 2.12 bits per heavy atom. The number of Topliss-reactive ketones (excluding diaryl/α,β-unsaturated/α-hetero) is 1. The zero-order valence-corrected chi connectivity index (χ0v) is 15.0. The number of hydrogen-bond acceptors (Lipinski definition) is 6. The Morgan fingerprint density at radius 1 is 1.28 bits per heavy atom. The second kappa shape index (κ2) is 6.97. The summed E-state index contributed by atoms with van der Waals surface area (Å²) in [5.74, 6) is 0.226. The molecule has 1 aliphatic rings. The Bertz CT molecular complexity index is 928. The van der Waals surface area contributed by atoms with Crippen molar-refractivity contribution >= 4 is 45.0 Å². The molecule has 0 unspecified atom stereocenters. The molecular weight excluding hydrogens is 356 g/mol. The van der Waals surface area contributed by atoms with Gasteiger partial charge in [-0.1, -0.05) is 11.8 Å². The minimum atomic E-state index is -0.0275. The quantitative estimate of drug-likeness (QED) is 0.423. The van der Waals surface area contributed by atoms with Gasteiger partial charge >= 0.3 is 0 Å². The van der Waals surface area contributed by atoms with Crippen LogP contribution in [0.3, 0.4) is 0 Å². The first-order valence-electron chi connectivity index (χ1n) is 8.04. The fraction of sp³-hybridized carbons (Fsp3) is 0.294. The standard InChI is InChI=1S/C17H16N4O2S2/c22-14(9-25-16-15-12(3-6-24-15)19-10-20-16)11-7-13(18-8-11)17(23)21-4-1-2-5-21/h3,6-8,10,18H,1-2,4-5,9H2. The number of rotatable bonds is 5. The molecule has 8 heteroatoms. The highest BCUT2D eigenvalue weighted by atomic mass is 32.2. The number of aromatic nitrogens is 3. The van der Waals surface area contributed by atoms with Gasteiger partial charge in [0.25, 0.3) is 5.91 Å². The van der Waals surface area contributed by atoms with E-state index in [0.29, 0.717) is 11.3 Å². The van der Waals surface area contributed by atoms with Crippen LogP contribution in [0.4, 0.5) is 0 Å². The lowest BCUT2D eigenvalue weighted by atomic mass is 10.2. The number of carbonyl (C=O) groups is 2. The van der Waals surface area contributed by atoms with Crippen LogP contribution in [0, 0.1) is 0 Å². The van der Waals surface area contributed by atoms with Gasteiger partial charge in [-0.2, -0.15) is 0 Å². The van der Waals surface area contributed by atoms with Gasteiger partial charge in [-0.05, 0) is 30.4 Å². The van der Waals surface area contributed by atoms with Crippen LogP contribution >= 0.6 is 23.1 Å². The number of thiophene rings is 1. The van der Waals surface area contributed by atoms with Crippen LogP contribution in [0.15, 0.2) is 35.1 Å². The van der Waals surface area contributed by atoms with E-state index in [1.54, 1.807) is 23.6 Å². The fourth-order valence-electron chi connectivity index (χ4n) is 2.86. The first-order chi connectivity index (χ1) is 12.2. The van der Waals surface area contributed by atoms with E-state index in [1.807, 2.05) is 16.3 Å². The first-order valence-corrected chi connectivity index (χ1v) is 9.91. The van der Waals surface area contributed by atoms with Gasteiger partial charge in [0.05, 0.1) is 16.0 Å². The van der Waals surface area contributed by atoms with Crippen molar-refractivity contribution in [1.82, 2.24) is 19.9 Å². The SMILES string of the molecule is O=C(CSc1ncnc2ccsc12)c1c[nH]c(C(=O)N2CCCC2)c1. The van der Waals surface area contributed by atoms with E-state index >= 15 is 0 Å². The summed E-state index contributed by atoms with van der Waals surface area (Å²) in [4.78, 5) is 38.0. The van der Waals surface area contributed by atoms with Crippen LogP contribution in [0.2, 0.25) is 0 Å². The molecule has 1 fully saturated rings. The normalized spacial score (nSPS) is 14.3. The Morgan fingerprint density at radius 3 is 2.96 bits per heavy atom. The highest BCUT2D eigenvalue weighted by Gasteiger charge is 2.21. The Kier molecular flexibility index (Phi) is 4.54. The van der Waals surface area contributed by atoms with Crippen molar-refractivity contribution in [3.05, 3.63) is 41.3 Å². The van der Waals surface area contributed by atoms with Crippen molar-refractivity contribution in [2.24, 2.45) is 0 Å². The Hall–Kier alpha value is -2.19. The second-order valence-electron chi connectivity index (χ2n) is 5.83. The minimum absolute atomic E-state index is 0.0231. The van der Waals surface area contributed by atoms with Gasteiger partial charge in [-0.25, -0.2) is 9.97 Å². The van der Waals surface area contributed by atoms with Crippen molar-refractivity contribution < 1.29 is 9.59 Å². The Labute approximate surface area is 152 Å². The number of carbonyl (C=O) groups excluding carboxylic acids is 2. The zero-order chi connectivity index (χ0) is 17.2. The molecule has 0 aliphatic carbocycles. The summed E-state index contributed by atoms with van der Waals surface area (Å²) < 4.78 is 0.999. The monoisotopic (exact) mass is 372 g/mol. The average molecular weight is 372 g/mol. The van der Waals surface area contributed by atoms with E-state index in [1.165, 1.54) is 18.1 Å². The minimum Gasteiger partial charge on any atom is -0.356 e. The number of fused-ring (bicyclic) bond motifs is 1. The number of likely N-dealkylation sites (tertiary alicyclic amines) is 1. The molecule has 25 heavy (non-hydrogen) atoms. The maximum Gasteiger partial charge on any atom is 0.270 e. The molecule has 0 bridgehead atoms. The molecule has 3 aromatic heterocycles. The number of nitrogens with one attached hydrogen (secondary N) is 1. The highest BCUT2D eigenvalue weighted by Crippen LogP contribution is 2.29. The summed E-state index contributed by atoms with van der Waals surface area (Å²) in [6.45, 7) is 1.59. The van der Waals surface area contributed by atoms with Crippen LogP contribution in [0.25, 0.3) is 10.2 Å². The fourth-order valence-corrected chi connectivity index (χ4v) is 4.70. The zero-order valence-electron chi connectivity index (χ0n) is 13.4. The smallest absolute Gasteiger partial charge is 0.270 e. The number of hydrogen-bond donors (Lipinski definition) is 1. The third-order valence-electron chi connectivity index (χ3n) is 4.18. The van der Waals surface area contributed by atoms with Gasteiger partial charge in [0.1, 0.15) is 17.0 Å². The van der Waals surface area contributed by atoms with Crippen molar-refractivity contribution in [3.8, 4) is 0 Å². The summed E-state index contributed by atoms with van der Waals surface area (Å²) in [5, 5.41) is 2.78. The average Bonchev–Trinajstić information content (AvgIpc) is 3.39. The lowest BCUT2D eigenvalue weighted by Gasteiger charge is -2.13. The number of nitrogens with zero attached hydrogens (tertiary/aromatic N) is 3. The van der Waals surface area contributed by atoms with Crippen molar-refractivity contribution in [2.75, 3.05) is 18.8 Å². The molecule has 1 aliphatic heterocycles. The number of amides is 1. The molecule has 1 saturated heterocycles. The molecule has 6 nitrogen and oxygen atoms in total. The van der Waals surface area contributed by atoms with E-state index in [4.69, 9.17) is 0 Å². The predicted molar refractivity (Wildman–Crippen MR) is 98.4 cm³/mol. The molecular formula is C17H16N4O2S2. The summed E-state index contributed by atoms with van der Waals surface area (Å²) in [6.07, 6.45) is 5.23. The van der Waals surface area contributed by atoms with Gasteiger partial charge < -0.3 is 9.88 Å². The van der Waals surface area contributed by atoms with Crippen LogP contribution in [-0.2, 0) is 0 Å². The molecule has 0 spiro atoms. The number of thioether (sulfide) groups is 1. The van der Waals surface area contributed by atoms with Crippen LogP contribution < -0.4 is 0 Å². The lowest BCUT2D eigenvalue weighted by molar-refractivity contribution is 0.0787. The molecule has 0 aromatic carbocycles. The molecule has 1 N–H and O–H groups in total. The second-order valence-corrected chi connectivity index (χ2v) is 7.71. The molecule has 1 amide bonds. The number of ketones is 1. The van der Waals surface area contributed by atoms with Gasteiger partial charge in [-0.15, -0.1) is 11.3 Å². The Balaban J connectivity index is 1.43. The highest BCUT2D eigenvalue weighted by molar-refractivity contribution is 8.00. The van der Waals surface area contributed by atoms with E-state index in [9.17, 15) is 9.59 Å². The molecule has 0 radical (unpaired) electrons. The topological polar surface area (TPSA) is 79.0 Å². The van der Waals surface area contributed by atoms with Gasteiger partial charge in [0, 0.05) is 24.8 Å². The van der Waals surface area contributed by atoms with Crippen molar-refractivity contribution in [1.29, 1.82) is 0 Å². The molecule has 128 valence electrons. The van der Waals surface area contributed by atoms with E-state index in [2.05, 4.69) is 15.0 Å². The number of H-pyrrole nitrogens is 1. The molecule has 3 aromatic rings. The largest absolute Gasteiger partial charge is 0.356 e. The summed E-state index contributed by atoms with van der Waals surface area (Å²) in [6, 6.07) is 3.60. The maximum atomic E-state index is 12.4. The van der Waals surface area contributed by atoms with Gasteiger partial charge in [0.15, 0.2) is 5.78 Å². The number of aromatic amines is 1. The lowest BCUT2D eigenvalue weighted by Crippen LogP contribution is -2.27. The van der Waals surface area contributed by atoms with Gasteiger partial charge in [-0.3, -0.25) is 9.59 Å². The van der Waals surface area contributed by atoms with E-state index in [-0.39, 0.29) is 17.4 Å². The van der Waals surface area contributed by atoms with Crippen molar-refractivity contribution in [3.63, 3.8) is 0 Å². The third kappa shape index (κ3) is 3.32. The van der Waals surface area contributed by atoms with E-state index < -0.39 is 0 Å². The third-order valence-corrected chi connectivity index (χ3v) is 6.21. The molecule has 4 heterocycles. The van der Waals surface area contributed by atoms with Gasteiger partial charge in [0.2, 0.25) is 0 Å². The first kappa shape index (κ1) is 16.3. The predicted octanol–water partition coefficient (Wildman–Crippen LogP) is 3.23. The summed E-state index contributed by atoms with van der Waals surface area (Å²) in [5.41, 5.74) is 1.92. The van der Waals surface area contributed by atoms with E-state index in [0.717, 1.165) is 41.2 Å². The van der Waals surface area contributed by atoms with Crippen LogP contribution in [0.1, 0.15) is 33.7 Å². The molecule has 4 rings (SSSR count).